The van der Waals surface area contributed by atoms with Crippen LogP contribution in [0.2, 0.25) is 0 Å². The van der Waals surface area contributed by atoms with E-state index in [1.165, 1.54) is 28.6 Å². The Morgan fingerprint density at radius 3 is 2.43 bits per heavy atom. The van der Waals surface area contributed by atoms with Crippen LogP contribution >= 0.6 is 0 Å². The summed E-state index contributed by atoms with van der Waals surface area (Å²) in [5, 5.41) is 2.35. The van der Waals surface area contributed by atoms with Gasteiger partial charge in [-0.05, 0) is 60.9 Å². The van der Waals surface area contributed by atoms with Crippen LogP contribution in [0.4, 0.5) is 20.2 Å². The van der Waals surface area contributed by atoms with Crippen molar-refractivity contribution in [3.8, 4) is 0 Å². The van der Waals surface area contributed by atoms with E-state index in [9.17, 15) is 22.0 Å². The first kappa shape index (κ1) is 20.0. The summed E-state index contributed by atoms with van der Waals surface area (Å²) in [5.41, 5.74) is 1.63. The number of para-hydroxylation sites is 1. The van der Waals surface area contributed by atoms with Crippen LogP contribution in [-0.2, 0) is 16.4 Å². The van der Waals surface area contributed by atoms with E-state index in [1.54, 1.807) is 12.1 Å². The lowest BCUT2D eigenvalue weighted by Crippen LogP contribution is -2.35. The van der Waals surface area contributed by atoms with E-state index in [4.69, 9.17) is 0 Å². The number of sulfonamides is 1. The van der Waals surface area contributed by atoms with E-state index < -0.39 is 27.6 Å². The number of carbonyl (C=O) groups is 1. The highest BCUT2D eigenvalue weighted by molar-refractivity contribution is 7.92. The number of hydrogen-bond acceptors (Lipinski definition) is 3. The van der Waals surface area contributed by atoms with Gasteiger partial charge in [0, 0.05) is 18.2 Å². The van der Waals surface area contributed by atoms with Crippen molar-refractivity contribution in [1.29, 1.82) is 0 Å². The molecule has 0 aromatic heterocycles. The van der Waals surface area contributed by atoms with E-state index in [1.807, 2.05) is 12.1 Å². The van der Waals surface area contributed by atoms with Gasteiger partial charge in [-0.2, -0.15) is 0 Å². The van der Waals surface area contributed by atoms with Crippen molar-refractivity contribution >= 4 is 27.3 Å². The molecule has 30 heavy (non-hydrogen) atoms. The molecule has 8 heteroatoms. The fourth-order valence-electron chi connectivity index (χ4n) is 3.44. The molecule has 3 aromatic rings. The lowest BCUT2D eigenvalue weighted by Gasteiger charge is -2.30. The first-order valence-corrected chi connectivity index (χ1v) is 10.8. The molecule has 0 saturated heterocycles. The Hall–Kier alpha value is -3.26. The predicted octanol–water partition coefficient (Wildman–Crippen LogP) is 4.36. The molecule has 5 nitrogen and oxygen atoms in total. The summed E-state index contributed by atoms with van der Waals surface area (Å²) < 4.78 is 54.4. The van der Waals surface area contributed by atoms with Crippen molar-refractivity contribution in [2.75, 3.05) is 16.2 Å². The van der Waals surface area contributed by atoms with Crippen LogP contribution in [0.25, 0.3) is 0 Å². The molecule has 1 aliphatic rings. The largest absolute Gasteiger partial charge is 0.319 e. The molecule has 0 saturated carbocycles. The third-order valence-corrected chi connectivity index (χ3v) is 6.78. The Labute approximate surface area is 173 Å². The maximum absolute atomic E-state index is 13.7. The summed E-state index contributed by atoms with van der Waals surface area (Å²) in [5.74, 6) is -2.28. The lowest BCUT2D eigenvalue weighted by molar-refractivity contribution is 0.102. The molecule has 154 valence electrons. The minimum Gasteiger partial charge on any atom is -0.319 e. The zero-order valence-electron chi connectivity index (χ0n) is 15.8. The molecule has 0 radical (unpaired) electrons. The summed E-state index contributed by atoms with van der Waals surface area (Å²) in [6.45, 7) is 0.380. The Kier molecular flexibility index (Phi) is 5.26. The monoisotopic (exact) mass is 428 g/mol. The Balaban J connectivity index is 1.57. The lowest BCUT2D eigenvalue weighted by atomic mass is 10.0. The van der Waals surface area contributed by atoms with E-state index in [0.717, 1.165) is 30.5 Å². The van der Waals surface area contributed by atoms with Crippen molar-refractivity contribution in [3.63, 3.8) is 0 Å². The van der Waals surface area contributed by atoms with Crippen molar-refractivity contribution in [2.45, 2.75) is 17.7 Å². The van der Waals surface area contributed by atoms with Gasteiger partial charge in [-0.1, -0.05) is 18.2 Å². The third-order valence-electron chi connectivity index (χ3n) is 4.95. The van der Waals surface area contributed by atoms with Gasteiger partial charge in [-0.3, -0.25) is 9.10 Å². The van der Waals surface area contributed by atoms with Crippen LogP contribution in [0.15, 0.2) is 71.6 Å². The number of fused-ring (bicyclic) bond motifs is 1. The first-order chi connectivity index (χ1) is 14.4. The fourth-order valence-corrected chi connectivity index (χ4v) is 4.98. The van der Waals surface area contributed by atoms with Gasteiger partial charge in [0.1, 0.15) is 11.6 Å². The molecule has 0 unspecified atom stereocenters. The molecule has 0 bridgehead atoms. The number of carbonyl (C=O) groups excluding carboxylic acids is 1. The number of nitrogens with one attached hydrogen (secondary N) is 1. The highest BCUT2D eigenvalue weighted by Gasteiger charge is 2.29. The molecule has 0 spiro atoms. The quantitative estimate of drug-likeness (QED) is 0.672. The van der Waals surface area contributed by atoms with Crippen LogP contribution in [0.1, 0.15) is 22.3 Å². The fraction of sp³-hybridized carbons (Fsp3) is 0.136. The summed E-state index contributed by atoms with van der Waals surface area (Å²) >= 11 is 0. The minimum absolute atomic E-state index is 0.0590. The van der Waals surface area contributed by atoms with Crippen molar-refractivity contribution < 1.29 is 22.0 Å². The normalized spacial score (nSPS) is 13.6. The van der Waals surface area contributed by atoms with Crippen LogP contribution in [0.3, 0.4) is 0 Å². The molecular formula is C22H18F2N2O3S. The SMILES string of the molecule is O=C(Nc1ccc(F)cc1F)c1ccc(S(=O)(=O)N2CCCc3ccccc32)cc1. The van der Waals surface area contributed by atoms with Crippen molar-refractivity contribution in [1.82, 2.24) is 0 Å². The second-order valence-electron chi connectivity index (χ2n) is 6.91. The van der Waals surface area contributed by atoms with Gasteiger partial charge >= 0.3 is 0 Å². The number of hydrogen-bond donors (Lipinski definition) is 1. The van der Waals surface area contributed by atoms with Crippen LogP contribution in [0, 0.1) is 11.6 Å². The van der Waals surface area contributed by atoms with Gasteiger partial charge in [0.2, 0.25) is 0 Å². The minimum atomic E-state index is -3.79. The Bertz CT molecular complexity index is 1210. The molecule has 1 aliphatic heterocycles. The molecule has 1 N–H and O–H groups in total. The van der Waals surface area contributed by atoms with Crippen LogP contribution < -0.4 is 9.62 Å². The number of aryl methyl sites for hydroxylation is 1. The van der Waals surface area contributed by atoms with Gasteiger partial charge in [-0.25, -0.2) is 17.2 Å². The van der Waals surface area contributed by atoms with E-state index in [0.29, 0.717) is 18.3 Å². The average molecular weight is 428 g/mol. The second kappa shape index (κ2) is 7.87. The molecular weight excluding hydrogens is 410 g/mol. The van der Waals surface area contributed by atoms with E-state index in [-0.39, 0.29) is 16.1 Å². The Morgan fingerprint density at radius 1 is 0.967 bits per heavy atom. The smallest absolute Gasteiger partial charge is 0.264 e. The van der Waals surface area contributed by atoms with Gasteiger partial charge in [0.25, 0.3) is 15.9 Å². The number of anilines is 2. The highest BCUT2D eigenvalue weighted by atomic mass is 32.2. The predicted molar refractivity (Wildman–Crippen MR) is 110 cm³/mol. The molecule has 3 aromatic carbocycles. The van der Waals surface area contributed by atoms with Crippen molar-refractivity contribution in [2.24, 2.45) is 0 Å². The van der Waals surface area contributed by atoms with E-state index >= 15 is 0 Å². The Morgan fingerprint density at radius 2 is 1.70 bits per heavy atom. The molecule has 1 amide bonds. The van der Waals surface area contributed by atoms with Gasteiger partial charge in [0.05, 0.1) is 16.3 Å². The van der Waals surface area contributed by atoms with Crippen LogP contribution in [0.5, 0.6) is 0 Å². The number of rotatable bonds is 4. The highest BCUT2D eigenvalue weighted by Crippen LogP contribution is 2.31. The number of benzene rings is 3. The molecule has 0 aliphatic carbocycles. The summed E-state index contributed by atoms with van der Waals surface area (Å²) in [4.78, 5) is 12.4. The molecule has 4 rings (SSSR count). The van der Waals surface area contributed by atoms with Crippen molar-refractivity contribution in [3.05, 3.63) is 89.5 Å². The van der Waals surface area contributed by atoms with Gasteiger partial charge in [-0.15, -0.1) is 0 Å². The molecule has 0 fully saturated rings. The topological polar surface area (TPSA) is 66.5 Å². The zero-order chi connectivity index (χ0) is 21.3. The first-order valence-electron chi connectivity index (χ1n) is 9.33. The maximum Gasteiger partial charge on any atom is 0.264 e. The summed E-state index contributed by atoms with van der Waals surface area (Å²) in [6.07, 6.45) is 1.54. The summed E-state index contributed by atoms with van der Waals surface area (Å²) in [6, 6.07) is 15.6. The van der Waals surface area contributed by atoms with Gasteiger partial charge < -0.3 is 5.32 Å². The number of nitrogens with zero attached hydrogens (tertiary/aromatic N) is 1. The summed E-state index contributed by atoms with van der Waals surface area (Å²) in [7, 11) is -3.79. The number of halogens is 2. The van der Waals surface area contributed by atoms with E-state index in [2.05, 4.69) is 5.32 Å². The second-order valence-corrected chi connectivity index (χ2v) is 8.77. The maximum atomic E-state index is 13.7. The third kappa shape index (κ3) is 3.78. The number of amides is 1. The molecule has 0 atom stereocenters. The van der Waals surface area contributed by atoms with Gasteiger partial charge in [0.15, 0.2) is 0 Å². The van der Waals surface area contributed by atoms with Crippen LogP contribution in [-0.4, -0.2) is 20.9 Å². The molecule has 1 heterocycles. The standard InChI is InChI=1S/C22H18F2N2O3S/c23-17-9-12-20(19(24)14-17)25-22(27)16-7-10-18(11-8-16)30(28,29)26-13-3-5-15-4-1-2-6-21(15)26/h1-2,4,6-12,14H,3,5,13H2,(H,25,27). The zero-order valence-corrected chi connectivity index (χ0v) is 16.6. The average Bonchev–Trinajstić information content (AvgIpc) is 2.75.